The van der Waals surface area contributed by atoms with E-state index < -0.39 is 0 Å². The topological polar surface area (TPSA) is 40.5 Å². The maximum absolute atomic E-state index is 10.6. The Bertz CT molecular complexity index is 555. The van der Waals surface area contributed by atoms with Gasteiger partial charge >= 0.3 is 0 Å². The summed E-state index contributed by atoms with van der Waals surface area (Å²) in [6.07, 6.45) is 17.0. The van der Waals surface area contributed by atoms with Crippen LogP contribution in [-0.4, -0.2) is 10.2 Å². The van der Waals surface area contributed by atoms with Crippen LogP contribution in [0.2, 0.25) is 0 Å². The van der Waals surface area contributed by atoms with Crippen LogP contribution in [0.15, 0.2) is 12.1 Å². The van der Waals surface area contributed by atoms with E-state index in [4.69, 9.17) is 0 Å². The molecular weight excluding hydrogens is 344 g/mol. The lowest BCUT2D eigenvalue weighted by atomic mass is 9.89. The van der Waals surface area contributed by atoms with Crippen molar-refractivity contribution in [1.29, 1.82) is 0 Å². The zero-order chi connectivity index (χ0) is 20.6. The highest BCUT2D eigenvalue weighted by Crippen LogP contribution is 2.49. The van der Waals surface area contributed by atoms with Gasteiger partial charge in [0.1, 0.15) is 11.5 Å². The summed E-state index contributed by atoms with van der Waals surface area (Å²) >= 11 is 0. The van der Waals surface area contributed by atoms with E-state index >= 15 is 0 Å². The highest BCUT2D eigenvalue weighted by Gasteiger charge is 2.35. The molecule has 0 amide bonds. The van der Waals surface area contributed by atoms with Gasteiger partial charge < -0.3 is 10.2 Å². The van der Waals surface area contributed by atoms with Gasteiger partial charge in [-0.3, -0.25) is 0 Å². The molecule has 0 aliphatic heterocycles. The number of unbranched alkanes of at least 4 members (excludes halogenated alkanes) is 6. The number of rotatable bonds is 13. The number of hydrogen-bond acceptors (Lipinski definition) is 2. The molecule has 2 heteroatoms. The molecule has 2 nitrogen and oxygen atoms in total. The second kappa shape index (κ2) is 10.6. The molecule has 0 heterocycles. The molecule has 1 fully saturated rings. The molecule has 0 unspecified atom stereocenters. The van der Waals surface area contributed by atoms with Crippen LogP contribution in [-0.2, 0) is 12.8 Å². The molecule has 2 rings (SSSR count). The smallest absolute Gasteiger partial charge is 0.122 e. The molecule has 1 aromatic carbocycles. The van der Waals surface area contributed by atoms with Crippen molar-refractivity contribution in [3.8, 4) is 11.5 Å². The minimum atomic E-state index is 0.303. The fraction of sp³-hybridized carbons (Fsp3) is 0.769. The summed E-state index contributed by atoms with van der Waals surface area (Å²) in [5.74, 6) is 0.732. The molecule has 0 bridgehead atoms. The van der Waals surface area contributed by atoms with Crippen molar-refractivity contribution in [2.24, 2.45) is 10.8 Å². The minimum absolute atomic E-state index is 0.303. The van der Waals surface area contributed by atoms with Gasteiger partial charge in [0.15, 0.2) is 0 Å². The fourth-order valence-corrected chi connectivity index (χ4v) is 4.13. The lowest BCUT2D eigenvalue weighted by molar-refractivity contribution is 0.357. The van der Waals surface area contributed by atoms with Crippen molar-refractivity contribution >= 4 is 0 Å². The van der Waals surface area contributed by atoms with E-state index in [9.17, 15) is 10.2 Å². The van der Waals surface area contributed by atoms with Gasteiger partial charge in [0, 0.05) is 0 Å². The molecule has 1 aromatic rings. The summed E-state index contributed by atoms with van der Waals surface area (Å²) in [4.78, 5) is 0. The van der Waals surface area contributed by atoms with Crippen LogP contribution in [0.3, 0.4) is 0 Å². The van der Waals surface area contributed by atoms with Gasteiger partial charge in [-0.2, -0.15) is 0 Å². The van der Waals surface area contributed by atoms with Crippen LogP contribution in [0.25, 0.3) is 0 Å². The SMILES string of the molecule is CC(C)(C)CCCCCCc1cc(O)cc(CCCCCCC2(C)CC2)c1O. The summed E-state index contributed by atoms with van der Waals surface area (Å²) in [5, 5.41) is 20.7. The predicted molar refractivity (Wildman–Crippen MR) is 120 cm³/mol. The number of phenolic OH excluding ortho intramolecular Hbond substituents is 2. The normalized spacial score (nSPS) is 15.7. The molecule has 0 saturated heterocycles. The number of aryl methyl sites for hydroxylation is 2. The Morgan fingerprint density at radius 3 is 1.79 bits per heavy atom. The Balaban J connectivity index is 1.68. The Hall–Kier alpha value is -1.18. The molecule has 1 aliphatic rings. The third-order valence-electron chi connectivity index (χ3n) is 6.46. The van der Waals surface area contributed by atoms with Gasteiger partial charge in [0.05, 0.1) is 0 Å². The summed E-state index contributed by atoms with van der Waals surface area (Å²) in [6, 6.07) is 3.51. The molecule has 0 radical (unpaired) electrons. The molecular formula is C26H44O2. The van der Waals surface area contributed by atoms with Gasteiger partial charge in [0.2, 0.25) is 0 Å². The van der Waals surface area contributed by atoms with Crippen molar-refractivity contribution in [3.63, 3.8) is 0 Å². The van der Waals surface area contributed by atoms with Crippen molar-refractivity contribution in [1.82, 2.24) is 0 Å². The van der Waals surface area contributed by atoms with E-state index in [0.717, 1.165) is 36.8 Å². The standard InChI is InChI=1S/C26H44O2/c1-25(2,3)15-11-7-5-9-13-21-19-23(27)20-22(24(21)28)14-10-6-8-12-16-26(4)17-18-26/h19-20,27-28H,5-18H2,1-4H3. The van der Waals surface area contributed by atoms with Crippen LogP contribution in [0.5, 0.6) is 11.5 Å². The molecule has 1 saturated carbocycles. The van der Waals surface area contributed by atoms with Crippen molar-refractivity contribution < 1.29 is 10.2 Å². The summed E-state index contributed by atoms with van der Waals surface area (Å²) in [7, 11) is 0. The predicted octanol–water partition coefficient (Wildman–Crippen LogP) is 7.93. The van der Waals surface area contributed by atoms with Crippen LogP contribution in [0.1, 0.15) is 116 Å². The minimum Gasteiger partial charge on any atom is -0.508 e. The lowest BCUT2D eigenvalue weighted by Gasteiger charge is -2.17. The van der Waals surface area contributed by atoms with Gasteiger partial charge in [0.25, 0.3) is 0 Å². The third kappa shape index (κ3) is 8.88. The molecule has 28 heavy (non-hydrogen) atoms. The van der Waals surface area contributed by atoms with Gasteiger partial charge in [-0.15, -0.1) is 0 Å². The first-order valence-electron chi connectivity index (χ1n) is 11.7. The fourth-order valence-electron chi connectivity index (χ4n) is 4.13. The van der Waals surface area contributed by atoms with E-state index in [-0.39, 0.29) is 0 Å². The van der Waals surface area contributed by atoms with E-state index in [1.54, 1.807) is 12.1 Å². The molecule has 2 N–H and O–H groups in total. The number of benzene rings is 1. The first kappa shape index (κ1) is 23.1. The second-order valence-electron chi connectivity index (χ2n) is 10.8. The number of hydrogen-bond donors (Lipinski definition) is 2. The summed E-state index contributed by atoms with van der Waals surface area (Å²) in [5.41, 5.74) is 2.95. The quantitative estimate of drug-likeness (QED) is 0.266. The maximum atomic E-state index is 10.6. The largest absolute Gasteiger partial charge is 0.508 e. The average molecular weight is 389 g/mol. The first-order valence-corrected chi connectivity index (χ1v) is 11.7. The highest BCUT2D eigenvalue weighted by atomic mass is 16.3. The van der Waals surface area contributed by atoms with Crippen molar-refractivity contribution in [2.75, 3.05) is 0 Å². The van der Waals surface area contributed by atoms with Crippen LogP contribution in [0, 0.1) is 10.8 Å². The second-order valence-corrected chi connectivity index (χ2v) is 10.8. The monoisotopic (exact) mass is 388 g/mol. The Morgan fingerprint density at radius 1 is 0.786 bits per heavy atom. The Labute approximate surface area is 173 Å². The number of phenols is 2. The van der Waals surface area contributed by atoms with Gasteiger partial charge in [-0.05, 0) is 85.5 Å². The molecule has 0 spiro atoms. The summed E-state index contributed by atoms with van der Waals surface area (Å²) < 4.78 is 0. The van der Waals surface area contributed by atoms with Crippen LogP contribution in [0.4, 0.5) is 0 Å². The molecule has 160 valence electrons. The molecule has 0 atom stereocenters. The van der Waals surface area contributed by atoms with Gasteiger partial charge in [-0.1, -0.05) is 66.2 Å². The third-order valence-corrected chi connectivity index (χ3v) is 6.46. The van der Waals surface area contributed by atoms with E-state index in [1.807, 2.05) is 0 Å². The van der Waals surface area contributed by atoms with Gasteiger partial charge in [-0.25, -0.2) is 0 Å². The van der Waals surface area contributed by atoms with E-state index in [0.29, 0.717) is 22.3 Å². The van der Waals surface area contributed by atoms with Crippen molar-refractivity contribution in [3.05, 3.63) is 23.3 Å². The maximum Gasteiger partial charge on any atom is 0.122 e. The van der Waals surface area contributed by atoms with Crippen LogP contribution >= 0.6 is 0 Å². The zero-order valence-electron chi connectivity index (χ0n) is 18.9. The van der Waals surface area contributed by atoms with Crippen molar-refractivity contribution in [2.45, 2.75) is 118 Å². The molecule has 1 aliphatic carbocycles. The van der Waals surface area contributed by atoms with E-state index in [1.165, 1.54) is 64.2 Å². The summed E-state index contributed by atoms with van der Waals surface area (Å²) in [6.45, 7) is 9.30. The Morgan fingerprint density at radius 2 is 1.29 bits per heavy atom. The first-order chi connectivity index (χ1) is 13.2. The molecule has 0 aromatic heterocycles. The van der Waals surface area contributed by atoms with E-state index in [2.05, 4.69) is 27.7 Å². The zero-order valence-corrected chi connectivity index (χ0v) is 18.9. The lowest BCUT2D eigenvalue weighted by Crippen LogP contribution is -2.03. The average Bonchev–Trinajstić information content (AvgIpc) is 3.34. The number of aromatic hydroxyl groups is 2. The Kier molecular flexibility index (Phi) is 8.71. The highest BCUT2D eigenvalue weighted by molar-refractivity contribution is 5.46. The van der Waals surface area contributed by atoms with Crippen LogP contribution < -0.4 is 0 Å².